The highest BCUT2D eigenvalue weighted by Crippen LogP contribution is 2.43. The van der Waals surface area contributed by atoms with Crippen LogP contribution in [0, 0.1) is 0 Å². The molecule has 0 radical (unpaired) electrons. The highest BCUT2D eigenvalue weighted by molar-refractivity contribution is 8.04. The van der Waals surface area contributed by atoms with Gasteiger partial charge in [-0.15, -0.1) is 0 Å². The SMILES string of the molecule is CCc1ccc(N2C(=O)C(Sc3ccccc3)=C(c3ccccc3OC)C2=O)cc1. The second-order valence-corrected chi connectivity index (χ2v) is 7.87. The summed E-state index contributed by atoms with van der Waals surface area (Å²) >= 11 is 1.30. The van der Waals surface area contributed by atoms with E-state index in [0.717, 1.165) is 16.9 Å². The van der Waals surface area contributed by atoms with Crippen molar-refractivity contribution in [2.75, 3.05) is 12.0 Å². The molecule has 0 aromatic heterocycles. The molecule has 30 heavy (non-hydrogen) atoms. The fourth-order valence-electron chi connectivity index (χ4n) is 3.41. The molecule has 4 nitrogen and oxygen atoms in total. The van der Waals surface area contributed by atoms with E-state index in [9.17, 15) is 9.59 Å². The van der Waals surface area contributed by atoms with Crippen LogP contribution in [0.5, 0.6) is 5.75 Å². The van der Waals surface area contributed by atoms with E-state index in [0.29, 0.717) is 27.5 Å². The number of hydrogen-bond donors (Lipinski definition) is 0. The van der Waals surface area contributed by atoms with Gasteiger partial charge in [-0.3, -0.25) is 9.59 Å². The lowest BCUT2D eigenvalue weighted by molar-refractivity contribution is -0.119. The Hall–Kier alpha value is -3.31. The molecule has 0 atom stereocenters. The maximum Gasteiger partial charge on any atom is 0.272 e. The van der Waals surface area contributed by atoms with Gasteiger partial charge >= 0.3 is 0 Å². The number of imide groups is 1. The van der Waals surface area contributed by atoms with Crippen LogP contribution in [0.2, 0.25) is 0 Å². The van der Waals surface area contributed by atoms with Gasteiger partial charge in [0.2, 0.25) is 0 Å². The molecule has 0 saturated carbocycles. The van der Waals surface area contributed by atoms with Crippen LogP contribution in [0.4, 0.5) is 5.69 Å². The minimum atomic E-state index is -0.341. The lowest BCUT2D eigenvalue weighted by atomic mass is 10.0. The van der Waals surface area contributed by atoms with Crippen LogP contribution in [-0.2, 0) is 16.0 Å². The molecule has 0 spiro atoms. The summed E-state index contributed by atoms with van der Waals surface area (Å²) < 4.78 is 5.49. The molecule has 0 aliphatic carbocycles. The number of anilines is 1. The van der Waals surface area contributed by atoms with Crippen molar-refractivity contribution in [2.24, 2.45) is 0 Å². The Morgan fingerprint density at radius 2 is 1.50 bits per heavy atom. The van der Waals surface area contributed by atoms with Crippen molar-refractivity contribution in [3.63, 3.8) is 0 Å². The highest BCUT2D eigenvalue weighted by Gasteiger charge is 2.41. The summed E-state index contributed by atoms with van der Waals surface area (Å²) in [5, 5.41) is 0. The van der Waals surface area contributed by atoms with Gasteiger partial charge < -0.3 is 4.74 Å². The second kappa shape index (κ2) is 8.59. The van der Waals surface area contributed by atoms with E-state index >= 15 is 0 Å². The normalized spacial score (nSPS) is 13.9. The fraction of sp³-hybridized carbons (Fsp3) is 0.120. The number of aryl methyl sites for hydroxylation is 1. The topological polar surface area (TPSA) is 46.6 Å². The van der Waals surface area contributed by atoms with E-state index < -0.39 is 0 Å². The third-order valence-electron chi connectivity index (χ3n) is 4.98. The van der Waals surface area contributed by atoms with Crippen LogP contribution in [0.1, 0.15) is 18.1 Å². The summed E-state index contributed by atoms with van der Waals surface area (Å²) in [6.45, 7) is 2.07. The first-order chi connectivity index (χ1) is 14.6. The van der Waals surface area contributed by atoms with Gasteiger partial charge in [0.25, 0.3) is 11.8 Å². The molecule has 1 aliphatic heterocycles. The molecule has 0 fully saturated rings. The van der Waals surface area contributed by atoms with Crippen molar-refractivity contribution in [3.05, 3.63) is 94.9 Å². The highest BCUT2D eigenvalue weighted by atomic mass is 32.2. The van der Waals surface area contributed by atoms with E-state index in [4.69, 9.17) is 4.74 Å². The third kappa shape index (κ3) is 3.64. The summed E-state index contributed by atoms with van der Waals surface area (Å²) in [4.78, 5) is 29.5. The van der Waals surface area contributed by atoms with Crippen molar-refractivity contribution in [2.45, 2.75) is 18.2 Å². The summed E-state index contributed by atoms with van der Waals surface area (Å²) in [6, 6.07) is 24.4. The van der Waals surface area contributed by atoms with E-state index in [1.807, 2.05) is 72.8 Å². The molecular formula is C25H21NO3S. The first kappa shape index (κ1) is 20.0. The maximum atomic E-state index is 13.5. The first-order valence-corrected chi connectivity index (χ1v) is 10.5. The minimum Gasteiger partial charge on any atom is -0.496 e. The smallest absolute Gasteiger partial charge is 0.272 e. The molecule has 3 aromatic carbocycles. The number of carbonyl (C=O) groups excluding carboxylic acids is 2. The molecule has 3 aromatic rings. The van der Waals surface area contributed by atoms with E-state index in [2.05, 4.69) is 6.92 Å². The molecular weight excluding hydrogens is 394 g/mol. The number of benzene rings is 3. The number of carbonyl (C=O) groups is 2. The minimum absolute atomic E-state index is 0.320. The van der Waals surface area contributed by atoms with Crippen molar-refractivity contribution < 1.29 is 14.3 Å². The Balaban J connectivity index is 1.83. The monoisotopic (exact) mass is 415 g/mol. The number of amides is 2. The molecule has 0 N–H and O–H groups in total. The van der Waals surface area contributed by atoms with Crippen LogP contribution >= 0.6 is 11.8 Å². The van der Waals surface area contributed by atoms with Gasteiger partial charge in [-0.05, 0) is 42.3 Å². The molecule has 5 heteroatoms. The Kier molecular flexibility index (Phi) is 5.72. The number of thioether (sulfide) groups is 1. The molecule has 4 rings (SSSR count). The molecule has 0 bridgehead atoms. The Labute approximate surface area is 180 Å². The Morgan fingerprint density at radius 1 is 0.833 bits per heavy atom. The third-order valence-corrected chi connectivity index (χ3v) is 6.07. The number of para-hydroxylation sites is 1. The van der Waals surface area contributed by atoms with Gasteiger partial charge in [-0.2, -0.15) is 0 Å². The van der Waals surface area contributed by atoms with Gasteiger partial charge in [0.05, 0.1) is 23.3 Å². The molecule has 0 unspecified atom stereocenters. The van der Waals surface area contributed by atoms with Gasteiger partial charge in [-0.25, -0.2) is 4.90 Å². The van der Waals surface area contributed by atoms with E-state index in [-0.39, 0.29) is 11.8 Å². The quantitative estimate of drug-likeness (QED) is 0.510. The number of ether oxygens (including phenoxy) is 1. The Morgan fingerprint density at radius 3 is 2.17 bits per heavy atom. The summed E-state index contributed by atoms with van der Waals surface area (Å²) in [5.41, 5.74) is 2.70. The Bertz CT molecular complexity index is 1120. The molecule has 1 heterocycles. The largest absolute Gasteiger partial charge is 0.496 e. The van der Waals surface area contributed by atoms with Crippen LogP contribution in [0.15, 0.2) is 88.7 Å². The number of methoxy groups -OCH3 is 1. The van der Waals surface area contributed by atoms with Crippen molar-refractivity contribution >= 4 is 34.8 Å². The number of hydrogen-bond acceptors (Lipinski definition) is 4. The molecule has 0 saturated heterocycles. The lowest BCUT2D eigenvalue weighted by Crippen LogP contribution is -2.31. The summed E-state index contributed by atoms with van der Waals surface area (Å²) in [7, 11) is 1.56. The first-order valence-electron chi connectivity index (χ1n) is 9.72. The standard InChI is InChI=1S/C25H21NO3S/c1-3-17-13-15-18(16-14-17)26-24(27)22(20-11-7-8-12-21(20)29-2)23(25(26)28)30-19-9-5-4-6-10-19/h4-16H,3H2,1-2H3. The van der Waals surface area contributed by atoms with Crippen molar-refractivity contribution in [1.82, 2.24) is 0 Å². The molecule has 150 valence electrons. The van der Waals surface area contributed by atoms with E-state index in [1.165, 1.54) is 16.7 Å². The van der Waals surface area contributed by atoms with Gasteiger partial charge in [0.1, 0.15) is 5.75 Å². The zero-order valence-corrected chi connectivity index (χ0v) is 17.6. The van der Waals surface area contributed by atoms with Crippen LogP contribution in [0.25, 0.3) is 5.57 Å². The average molecular weight is 416 g/mol. The predicted molar refractivity (Wildman–Crippen MR) is 121 cm³/mol. The van der Waals surface area contributed by atoms with Crippen LogP contribution in [-0.4, -0.2) is 18.9 Å². The van der Waals surface area contributed by atoms with Gasteiger partial charge in [0.15, 0.2) is 0 Å². The zero-order chi connectivity index (χ0) is 21.1. The second-order valence-electron chi connectivity index (χ2n) is 6.79. The zero-order valence-electron chi connectivity index (χ0n) is 16.8. The van der Waals surface area contributed by atoms with Crippen LogP contribution < -0.4 is 9.64 Å². The lowest BCUT2D eigenvalue weighted by Gasteiger charge is -2.16. The predicted octanol–water partition coefficient (Wildman–Crippen LogP) is 5.33. The van der Waals surface area contributed by atoms with E-state index in [1.54, 1.807) is 13.2 Å². The molecule has 1 aliphatic rings. The number of nitrogens with zero attached hydrogens (tertiary/aromatic N) is 1. The summed E-state index contributed by atoms with van der Waals surface area (Å²) in [5.74, 6) is -0.103. The van der Waals surface area contributed by atoms with Crippen molar-refractivity contribution in [1.29, 1.82) is 0 Å². The summed E-state index contributed by atoms with van der Waals surface area (Å²) in [6.07, 6.45) is 0.891. The van der Waals surface area contributed by atoms with Gasteiger partial charge in [0, 0.05) is 10.5 Å². The fourth-order valence-corrected chi connectivity index (χ4v) is 4.42. The molecule has 2 amide bonds. The van der Waals surface area contributed by atoms with Crippen LogP contribution in [0.3, 0.4) is 0 Å². The maximum absolute atomic E-state index is 13.5. The average Bonchev–Trinajstić information content (AvgIpc) is 3.03. The van der Waals surface area contributed by atoms with Gasteiger partial charge in [-0.1, -0.05) is 67.2 Å². The number of rotatable bonds is 6. The van der Waals surface area contributed by atoms with Crippen molar-refractivity contribution in [3.8, 4) is 5.75 Å².